The summed E-state index contributed by atoms with van der Waals surface area (Å²) in [7, 11) is 0. The first-order valence-corrected chi connectivity index (χ1v) is 10.0. The van der Waals surface area contributed by atoms with Crippen molar-refractivity contribution in [2.75, 3.05) is 31.1 Å². The van der Waals surface area contributed by atoms with Crippen molar-refractivity contribution >= 4 is 18.2 Å². The highest BCUT2D eigenvalue weighted by atomic mass is 32.1. The summed E-state index contributed by atoms with van der Waals surface area (Å²) in [6, 6.07) is 6.31. The lowest BCUT2D eigenvalue weighted by Crippen LogP contribution is -2.47. The fourth-order valence-electron chi connectivity index (χ4n) is 3.60. The zero-order valence-corrected chi connectivity index (χ0v) is 16.4. The first-order valence-electron chi connectivity index (χ1n) is 9.63. The summed E-state index contributed by atoms with van der Waals surface area (Å²) >= 11 is 5.78. The molecule has 8 nitrogen and oxygen atoms in total. The molecule has 9 heteroatoms. The van der Waals surface area contributed by atoms with Gasteiger partial charge in [0.2, 0.25) is 5.95 Å². The highest BCUT2D eigenvalue weighted by Crippen LogP contribution is 2.38. The van der Waals surface area contributed by atoms with Gasteiger partial charge in [0.05, 0.1) is 6.67 Å². The van der Waals surface area contributed by atoms with Gasteiger partial charge >= 0.3 is 0 Å². The van der Waals surface area contributed by atoms with Crippen LogP contribution in [0.1, 0.15) is 18.9 Å². The van der Waals surface area contributed by atoms with Gasteiger partial charge in [0, 0.05) is 62.6 Å². The molecule has 0 N–H and O–H groups in total. The van der Waals surface area contributed by atoms with Crippen LogP contribution in [0.2, 0.25) is 0 Å². The number of pyridine rings is 1. The van der Waals surface area contributed by atoms with Gasteiger partial charge in [0.25, 0.3) is 0 Å². The van der Waals surface area contributed by atoms with Gasteiger partial charge in [0.1, 0.15) is 0 Å². The topological polar surface area (TPSA) is 67.9 Å². The molecule has 0 bridgehead atoms. The van der Waals surface area contributed by atoms with Crippen LogP contribution in [0.3, 0.4) is 0 Å². The lowest BCUT2D eigenvalue weighted by Gasteiger charge is -2.34. The maximum absolute atomic E-state index is 5.78. The molecule has 5 rings (SSSR count). The molecule has 0 spiro atoms. The number of anilines is 1. The van der Waals surface area contributed by atoms with Crippen molar-refractivity contribution in [3.8, 4) is 11.4 Å². The first kappa shape index (κ1) is 17.4. The highest BCUT2D eigenvalue weighted by molar-refractivity contribution is 7.71. The van der Waals surface area contributed by atoms with Gasteiger partial charge < -0.3 is 4.90 Å². The minimum Gasteiger partial charge on any atom is -0.338 e. The van der Waals surface area contributed by atoms with Crippen molar-refractivity contribution in [2.24, 2.45) is 0 Å². The molecule has 0 atom stereocenters. The Labute approximate surface area is 168 Å². The van der Waals surface area contributed by atoms with Crippen LogP contribution in [0, 0.1) is 4.77 Å². The molecule has 1 aliphatic heterocycles. The van der Waals surface area contributed by atoms with E-state index in [0.29, 0.717) is 12.7 Å². The maximum atomic E-state index is 5.78. The molecule has 28 heavy (non-hydrogen) atoms. The zero-order valence-electron chi connectivity index (χ0n) is 15.6. The molecular weight excluding hydrogens is 372 g/mol. The molecule has 144 valence electrons. The Bertz CT molecular complexity index is 988. The van der Waals surface area contributed by atoms with E-state index in [2.05, 4.69) is 29.3 Å². The lowest BCUT2D eigenvalue weighted by molar-refractivity contribution is 0.193. The summed E-state index contributed by atoms with van der Waals surface area (Å²) in [5.74, 6) is 1.73. The molecule has 0 unspecified atom stereocenters. The number of nitrogens with zero attached hydrogens (tertiary/aromatic N) is 8. The summed E-state index contributed by atoms with van der Waals surface area (Å²) in [5, 5.41) is 4.87. The molecular formula is C19H22N8S. The van der Waals surface area contributed by atoms with Gasteiger partial charge in [-0.3, -0.25) is 14.5 Å². The van der Waals surface area contributed by atoms with Crippen molar-refractivity contribution < 1.29 is 0 Å². The number of hydrogen-bond acceptors (Lipinski definition) is 7. The second-order valence-corrected chi connectivity index (χ2v) is 7.61. The van der Waals surface area contributed by atoms with Gasteiger partial charge in [-0.15, -0.1) is 0 Å². The molecule has 1 saturated heterocycles. The smallest absolute Gasteiger partial charge is 0.225 e. The largest absolute Gasteiger partial charge is 0.338 e. The quantitative estimate of drug-likeness (QED) is 0.616. The molecule has 2 aliphatic rings. The van der Waals surface area contributed by atoms with E-state index in [1.54, 1.807) is 18.6 Å². The van der Waals surface area contributed by atoms with E-state index in [0.717, 1.165) is 48.3 Å². The number of piperazine rings is 1. The first-order chi connectivity index (χ1) is 13.8. The van der Waals surface area contributed by atoms with E-state index in [-0.39, 0.29) is 0 Å². The van der Waals surface area contributed by atoms with Crippen LogP contribution < -0.4 is 4.90 Å². The van der Waals surface area contributed by atoms with Crippen molar-refractivity contribution in [3.63, 3.8) is 0 Å². The molecule has 0 radical (unpaired) electrons. The second kappa shape index (κ2) is 7.40. The summed E-state index contributed by atoms with van der Waals surface area (Å²) in [6.45, 7) is 4.36. The molecule has 2 fully saturated rings. The monoisotopic (exact) mass is 394 g/mol. The molecule has 4 heterocycles. The van der Waals surface area contributed by atoms with E-state index < -0.39 is 0 Å². The molecule has 1 aliphatic carbocycles. The van der Waals surface area contributed by atoms with Gasteiger partial charge in [-0.05, 0) is 43.3 Å². The normalized spacial score (nSPS) is 17.8. The third-order valence-electron chi connectivity index (χ3n) is 5.24. The minimum absolute atomic E-state index is 0.475. The second-order valence-electron chi connectivity index (χ2n) is 7.24. The van der Waals surface area contributed by atoms with E-state index in [1.807, 2.05) is 29.1 Å². The minimum atomic E-state index is 0.475. The molecule has 3 aromatic heterocycles. The Morgan fingerprint density at radius 2 is 1.79 bits per heavy atom. The van der Waals surface area contributed by atoms with E-state index in [9.17, 15) is 0 Å². The number of aromatic nitrogens is 6. The van der Waals surface area contributed by atoms with Crippen molar-refractivity contribution in [2.45, 2.75) is 25.6 Å². The molecule has 3 aromatic rings. The van der Waals surface area contributed by atoms with Crippen LogP contribution in [0.15, 0.2) is 43.0 Å². The number of rotatable bonds is 5. The Morgan fingerprint density at radius 3 is 2.46 bits per heavy atom. The van der Waals surface area contributed by atoms with E-state index >= 15 is 0 Å². The van der Waals surface area contributed by atoms with Crippen molar-refractivity contribution in [1.82, 2.24) is 34.2 Å². The summed E-state index contributed by atoms with van der Waals surface area (Å²) in [4.78, 5) is 17.6. The Kier molecular flexibility index (Phi) is 4.61. The van der Waals surface area contributed by atoms with Crippen molar-refractivity contribution in [1.29, 1.82) is 0 Å². The fourth-order valence-corrected chi connectivity index (χ4v) is 3.93. The predicted octanol–water partition coefficient (Wildman–Crippen LogP) is 2.38. The third kappa shape index (κ3) is 3.43. The van der Waals surface area contributed by atoms with Crippen LogP contribution in [-0.4, -0.2) is 60.4 Å². The van der Waals surface area contributed by atoms with Gasteiger partial charge in [-0.25, -0.2) is 14.6 Å². The van der Waals surface area contributed by atoms with E-state index in [1.165, 1.54) is 12.8 Å². The number of hydrogen-bond donors (Lipinski definition) is 0. The lowest BCUT2D eigenvalue weighted by atomic mass is 10.3. The SMILES string of the molecule is S=c1n(CN2CCN(c3ncccn3)CC2)nc(-c2cccnc2)n1C1CC1. The van der Waals surface area contributed by atoms with Gasteiger partial charge in [-0.2, -0.15) is 5.10 Å². The van der Waals surface area contributed by atoms with Gasteiger partial charge in [-0.1, -0.05) is 0 Å². The Hall–Kier alpha value is -2.65. The van der Waals surface area contributed by atoms with Crippen LogP contribution in [-0.2, 0) is 6.67 Å². The highest BCUT2D eigenvalue weighted by Gasteiger charge is 2.29. The third-order valence-corrected chi connectivity index (χ3v) is 5.65. The average Bonchev–Trinajstić information content (AvgIpc) is 3.54. The maximum Gasteiger partial charge on any atom is 0.225 e. The molecule has 0 aromatic carbocycles. The summed E-state index contributed by atoms with van der Waals surface area (Å²) < 4.78 is 4.97. The Morgan fingerprint density at radius 1 is 1.00 bits per heavy atom. The van der Waals surface area contributed by atoms with Gasteiger partial charge in [0.15, 0.2) is 10.6 Å². The summed E-state index contributed by atoms with van der Waals surface area (Å²) in [6.07, 6.45) is 9.56. The van der Waals surface area contributed by atoms with Crippen molar-refractivity contribution in [3.05, 3.63) is 47.8 Å². The molecule has 0 amide bonds. The van der Waals surface area contributed by atoms with Crippen LogP contribution in [0.25, 0.3) is 11.4 Å². The fraction of sp³-hybridized carbons (Fsp3) is 0.421. The molecule has 1 saturated carbocycles. The van der Waals surface area contributed by atoms with Crippen LogP contribution in [0.4, 0.5) is 5.95 Å². The van der Waals surface area contributed by atoms with Crippen LogP contribution >= 0.6 is 12.2 Å². The average molecular weight is 395 g/mol. The Balaban J connectivity index is 1.33. The summed E-state index contributed by atoms with van der Waals surface area (Å²) in [5.41, 5.74) is 1.02. The van der Waals surface area contributed by atoms with E-state index in [4.69, 9.17) is 17.3 Å². The predicted molar refractivity (Wildman–Crippen MR) is 108 cm³/mol. The zero-order chi connectivity index (χ0) is 18.9. The van der Waals surface area contributed by atoms with Crippen LogP contribution in [0.5, 0.6) is 0 Å². The standard InChI is InChI=1S/C19H22N8S/c28-19-26(14-24-9-11-25(12-10-24)18-21-7-2-8-22-18)23-17(27(19)16-4-5-16)15-3-1-6-20-13-15/h1-3,6-8,13,16H,4-5,9-12,14H2.